The van der Waals surface area contributed by atoms with Gasteiger partial charge in [0.25, 0.3) is 0 Å². The van der Waals surface area contributed by atoms with E-state index in [0.717, 1.165) is 25.7 Å². The van der Waals surface area contributed by atoms with Crippen LogP contribution in [0.4, 0.5) is 0 Å². The van der Waals surface area contributed by atoms with Crippen molar-refractivity contribution < 1.29 is 14.6 Å². The number of aliphatic carboxylic acids is 1. The summed E-state index contributed by atoms with van der Waals surface area (Å²) in [4.78, 5) is 10.7. The molecular weight excluding hydrogens is 182 g/mol. The van der Waals surface area contributed by atoms with Crippen LogP contribution in [0.25, 0.3) is 0 Å². The summed E-state index contributed by atoms with van der Waals surface area (Å²) < 4.78 is 5.25. The third-order valence-corrected chi connectivity index (χ3v) is 3.29. The highest BCUT2D eigenvalue weighted by Crippen LogP contribution is 2.39. The Morgan fingerprint density at radius 3 is 2.50 bits per heavy atom. The predicted octanol–water partition coefficient (Wildman–Crippen LogP) is 0.995. The van der Waals surface area contributed by atoms with E-state index in [-0.39, 0.29) is 11.8 Å². The Bertz CT molecular complexity index is 198. The molecule has 0 atom stereocenters. The molecule has 14 heavy (non-hydrogen) atoms. The molecule has 1 saturated carbocycles. The van der Waals surface area contributed by atoms with Gasteiger partial charge in [0.15, 0.2) is 0 Å². The van der Waals surface area contributed by atoms with Crippen molar-refractivity contribution in [3.05, 3.63) is 0 Å². The molecule has 0 unspecified atom stereocenters. The second-order valence-corrected chi connectivity index (χ2v) is 4.21. The van der Waals surface area contributed by atoms with E-state index in [1.807, 2.05) is 0 Å². The highest BCUT2D eigenvalue weighted by Gasteiger charge is 2.36. The van der Waals surface area contributed by atoms with E-state index in [9.17, 15) is 4.79 Å². The van der Waals surface area contributed by atoms with Gasteiger partial charge in [0, 0.05) is 7.11 Å². The zero-order valence-corrected chi connectivity index (χ0v) is 8.66. The van der Waals surface area contributed by atoms with Crippen LogP contribution in [0.15, 0.2) is 0 Å². The Morgan fingerprint density at radius 1 is 1.57 bits per heavy atom. The maximum Gasteiger partial charge on any atom is 0.303 e. The Kier molecular flexibility index (Phi) is 3.89. The SMILES string of the molecule is COC1CCC(CN)(CC(=O)O)CC1. The highest BCUT2D eigenvalue weighted by atomic mass is 16.5. The summed E-state index contributed by atoms with van der Waals surface area (Å²) >= 11 is 0. The lowest BCUT2D eigenvalue weighted by atomic mass is 9.71. The van der Waals surface area contributed by atoms with Crippen LogP contribution >= 0.6 is 0 Å². The molecule has 3 N–H and O–H groups in total. The maximum absolute atomic E-state index is 10.7. The zero-order valence-electron chi connectivity index (χ0n) is 8.66. The second-order valence-electron chi connectivity index (χ2n) is 4.21. The fourth-order valence-electron chi connectivity index (χ4n) is 2.21. The largest absolute Gasteiger partial charge is 0.481 e. The van der Waals surface area contributed by atoms with E-state index >= 15 is 0 Å². The molecule has 0 saturated heterocycles. The number of carboxylic acids is 1. The van der Waals surface area contributed by atoms with Crippen molar-refractivity contribution in [2.24, 2.45) is 11.1 Å². The highest BCUT2D eigenvalue weighted by molar-refractivity contribution is 5.67. The molecule has 1 aliphatic rings. The van der Waals surface area contributed by atoms with E-state index in [4.69, 9.17) is 15.6 Å². The lowest BCUT2D eigenvalue weighted by molar-refractivity contribution is -0.140. The quantitative estimate of drug-likeness (QED) is 0.711. The van der Waals surface area contributed by atoms with Crippen molar-refractivity contribution in [2.45, 2.75) is 38.2 Å². The van der Waals surface area contributed by atoms with Crippen molar-refractivity contribution in [3.63, 3.8) is 0 Å². The first-order valence-corrected chi connectivity index (χ1v) is 5.06. The standard InChI is InChI=1S/C10H19NO3/c1-14-8-2-4-10(7-11,5-3-8)6-9(12)13/h8H,2-7,11H2,1H3,(H,12,13). The average Bonchev–Trinajstić information content (AvgIpc) is 2.18. The smallest absolute Gasteiger partial charge is 0.303 e. The summed E-state index contributed by atoms with van der Waals surface area (Å²) in [6.07, 6.45) is 4.09. The molecule has 0 aromatic carbocycles. The van der Waals surface area contributed by atoms with Crippen LogP contribution in [0.1, 0.15) is 32.1 Å². The number of nitrogens with two attached hydrogens (primary N) is 1. The van der Waals surface area contributed by atoms with Gasteiger partial charge in [-0.1, -0.05) is 0 Å². The first kappa shape index (κ1) is 11.5. The van der Waals surface area contributed by atoms with Crippen molar-refractivity contribution in [1.82, 2.24) is 0 Å². The van der Waals surface area contributed by atoms with Gasteiger partial charge in [-0.2, -0.15) is 0 Å². The molecule has 0 aliphatic heterocycles. The van der Waals surface area contributed by atoms with Gasteiger partial charge in [-0.15, -0.1) is 0 Å². The van der Waals surface area contributed by atoms with Crippen LogP contribution in [0, 0.1) is 5.41 Å². The number of hydrogen-bond donors (Lipinski definition) is 2. The summed E-state index contributed by atoms with van der Waals surface area (Å²) in [5, 5.41) is 8.80. The molecule has 1 aliphatic carbocycles. The fourth-order valence-corrected chi connectivity index (χ4v) is 2.21. The molecule has 4 nitrogen and oxygen atoms in total. The van der Waals surface area contributed by atoms with Crippen molar-refractivity contribution >= 4 is 5.97 Å². The Balaban J connectivity index is 2.52. The number of hydrogen-bond acceptors (Lipinski definition) is 3. The van der Waals surface area contributed by atoms with Crippen LogP contribution in [0.2, 0.25) is 0 Å². The van der Waals surface area contributed by atoms with Gasteiger partial charge in [-0.25, -0.2) is 0 Å². The minimum Gasteiger partial charge on any atom is -0.481 e. The molecule has 1 rings (SSSR count). The lowest BCUT2D eigenvalue weighted by Crippen LogP contribution is -2.38. The van der Waals surface area contributed by atoms with Crippen LogP contribution in [-0.4, -0.2) is 30.8 Å². The Morgan fingerprint density at radius 2 is 2.14 bits per heavy atom. The van der Waals surface area contributed by atoms with E-state index in [1.54, 1.807) is 7.11 Å². The summed E-state index contributed by atoms with van der Waals surface area (Å²) in [5.74, 6) is -0.744. The minimum absolute atomic E-state index is 0.180. The summed E-state index contributed by atoms with van der Waals surface area (Å²) in [6.45, 7) is 0.468. The molecule has 0 aromatic heterocycles. The zero-order chi connectivity index (χ0) is 10.6. The first-order valence-electron chi connectivity index (χ1n) is 5.06. The molecular formula is C10H19NO3. The fraction of sp³-hybridized carbons (Fsp3) is 0.900. The van der Waals surface area contributed by atoms with Gasteiger partial charge in [-0.3, -0.25) is 4.79 Å². The number of ether oxygens (including phenoxy) is 1. The maximum atomic E-state index is 10.7. The molecule has 82 valence electrons. The summed E-state index contributed by atoms with van der Waals surface area (Å²) in [7, 11) is 1.71. The molecule has 1 fully saturated rings. The molecule has 4 heteroatoms. The number of rotatable bonds is 4. The van der Waals surface area contributed by atoms with Crippen LogP contribution in [0.3, 0.4) is 0 Å². The van der Waals surface area contributed by atoms with Crippen molar-refractivity contribution in [1.29, 1.82) is 0 Å². The van der Waals surface area contributed by atoms with E-state index in [1.165, 1.54) is 0 Å². The Hall–Kier alpha value is -0.610. The topological polar surface area (TPSA) is 72.5 Å². The number of carbonyl (C=O) groups is 1. The van der Waals surface area contributed by atoms with Gasteiger partial charge in [0.05, 0.1) is 12.5 Å². The molecule has 0 radical (unpaired) electrons. The van der Waals surface area contributed by atoms with E-state index in [0.29, 0.717) is 12.6 Å². The average molecular weight is 201 g/mol. The van der Waals surface area contributed by atoms with Crippen LogP contribution in [0.5, 0.6) is 0 Å². The van der Waals surface area contributed by atoms with Gasteiger partial charge >= 0.3 is 5.97 Å². The number of carboxylic acid groups (broad SMARTS) is 1. The lowest BCUT2D eigenvalue weighted by Gasteiger charge is -2.37. The first-order chi connectivity index (χ1) is 6.62. The molecule has 0 bridgehead atoms. The van der Waals surface area contributed by atoms with Gasteiger partial charge < -0.3 is 15.6 Å². The second kappa shape index (κ2) is 4.75. The molecule has 0 spiro atoms. The number of methoxy groups -OCH3 is 1. The molecule has 0 aromatic rings. The third kappa shape index (κ3) is 2.69. The third-order valence-electron chi connectivity index (χ3n) is 3.29. The summed E-state index contributed by atoms with van der Waals surface area (Å²) in [5.41, 5.74) is 5.49. The van der Waals surface area contributed by atoms with Gasteiger partial charge in [0.1, 0.15) is 0 Å². The van der Waals surface area contributed by atoms with Gasteiger partial charge in [-0.05, 0) is 37.6 Å². The minimum atomic E-state index is -0.744. The van der Waals surface area contributed by atoms with E-state index in [2.05, 4.69) is 0 Å². The predicted molar refractivity (Wildman–Crippen MR) is 53.0 cm³/mol. The van der Waals surface area contributed by atoms with Crippen LogP contribution in [-0.2, 0) is 9.53 Å². The molecule has 0 heterocycles. The van der Waals surface area contributed by atoms with Gasteiger partial charge in [0.2, 0.25) is 0 Å². The van der Waals surface area contributed by atoms with E-state index < -0.39 is 5.97 Å². The summed E-state index contributed by atoms with van der Waals surface area (Å²) in [6, 6.07) is 0. The monoisotopic (exact) mass is 201 g/mol. The van der Waals surface area contributed by atoms with Crippen molar-refractivity contribution in [2.75, 3.05) is 13.7 Å². The Labute approximate surface area is 84.4 Å². The normalized spacial score (nSPS) is 32.9. The van der Waals surface area contributed by atoms with Crippen LogP contribution < -0.4 is 5.73 Å². The molecule has 0 amide bonds. The van der Waals surface area contributed by atoms with Crippen molar-refractivity contribution in [3.8, 4) is 0 Å².